The van der Waals surface area contributed by atoms with Gasteiger partial charge in [-0.3, -0.25) is 4.79 Å². The van der Waals surface area contributed by atoms with Gasteiger partial charge in [0.25, 0.3) is 0 Å². The van der Waals surface area contributed by atoms with Gasteiger partial charge in [-0.15, -0.1) is 11.8 Å². The van der Waals surface area contributed by atoms with Crippen LogP contribution in [0.15, 0.2) is 28.0 Å². The summed E-state index contributed by atoms with van der Waals surface area (Å²) < 4.78 is 27.4. The number of thioether (sulfide) groups is 1. The Labute approximate surface area is 130 Å². The summed E-state index contributed by atoms with van der Waals surface area (Å²) in [6.07, 6.45) is 1.87. The molecule has 21 heavy (non-hydrogen) atoms. The number of carbonyl (C=O) groups is 1. The van der Waals surface area contributed by atoms with Crippen LogP contribution in [0, 0.1) is 5.92 Å². The van der Waals surface area contributed by atoms with Gasteiger partial charge in [0.2, 0.25) is 15.9 Å². The summed E-state index contributed by atoms with van der Waals surface area (Å²) in [5.74, 6) is -0.0385. The van der Waals surface area contributed by atoms with E-state index < -0.39 is 10.0 Å². The lowest BCUT2D eigenvalue weighted by atomic mass is 10.1. The van der Waals surface area contributed by atoms with Crippen LogP contribution in [0.3, 0.4) is 0 Å². The quantitative estimate of drug-likeness (QED) is 0.786. The van der Waals surface area contributed by atoms with Crippen molar-refractivity contribution in [1.29, 1.82) is 0 Å². The highest BCUT2D eigenvalue weighted by molar-refractivity contribution is 7.98. The largest absolute Gasteiger partial charge is 0.325 e. The molecule has 1 rings (SSSR count). The minimum absolute atomic E-state index is 0.150. The molecule has 0 fully saturated rings. The average molecular weight is 330 g/mol. The van der Waals surface area contributed by atoms with Gasteiger partial charge in [-0.05, 0) is 37.3 Å². The van der Waals surface area contributed by atoms with Crippen molar-refractivity contribution in [2.75, 3.05) is 11.6 Å². The Bertz CT molecular complexity index is 613. The van der Waals surface area contributed by atoms with Crippen LogP contribution in [0.1, 0.15) is 27.7 Å². The highest BCUT2D eigenvalue weighted by atomic mass is 32.2. The standard InChI is InChI=1S/C14H22N2O3S2/c1-9(2)10(3)16-21(18,19)12-6-7-14(20-5)13(8-12)15-11(4)17/h6-10,16H,1-5H3,(H,15,17)/t10-/m0/s1. The first kappa shape index (κ1) is 18.0. The van der Waals surface area contributed by atoms with Crippen molar-refractivity contribution >= 4 is 33.4 Å². The molecule has 5 nitrogen and oxygen atoms in total. The summed E-state index contributed by atoms with van der Waals surface area (Å²) in [5, 5.41) is 2.66. The van der Waals surface area contributed by atoms with Crippen LogP contribution >= 0.6 is 11.8 Å². The molecule has 0 saturated heterocycles. The minimum Gasteiger partial charge on any atom is -0.325 e. The number of benzene rings is 1. The van der Waals surface area contributed by atoms with Crippen LogP contribution < -0.4 is 10.0 Å². The van der Waals surface area contributed by atoms with Crippen molar-refractivity contribution in [3.63, 3.8) is 0 Å². The Balaban J connectivity index is 3.15. The Morgan fingerprint density at radius 1 is 1.24 bits per heavy atom. The van der Waals surface area contributed by atoms with Gasteiger partial charge in [0, 0.05) is 17.9 Å². The van der Waals surface area contributed by atoms with Gasteiger partial charge < -0.3 is 5.32 Å². The molecule has 0 aliphatic heterocycles. The van der Waals surface area contributed by atoms with Crippen molar-refractivity contribution in [3.8, 4) is 0 Å². The topological polar surface area (TPSA) is 75.3 Å². The van der Waals surface area contributed by atoms with Crippen LogP contribution in [-0.2, 0) is 14.8 Å². The van der Waals surface area contributed by atoms with Crippen molar-refractivity contribution in [2.45, 2.75) is 43.5 Å². The predicted octanol–water partition coefficient (Wildman–Crippen LogP) is 2.69. The molecule has 2 N–H and O–H groups in total. The molecule has 0 aromatic heterocycles. The zero-order valence-electron chi connectivity index (χ0n) is 12.9. The van der Waals surface area contributed by atoms with E-state index in [-0.39, 0.29) is 22.8 Å². The van der Waals surface area contributed by atoms with Crippen molar-refractivity contribution in [1.82, 2.24) is 4.72 Å². The Kier molecular flexibility index (Phi) is 6.24. The third-order valence-corrected chi connectivity index (χ3v) is 5.49. The fourth-order valence-electron chi connectivity index (χ4n) is 1.59. The van der Waals surface area contributed by atoms with E-state index >= 15 is 0 Å². The van der Waals surface area contributed by atoms with E-state index in [0.717, 1.165) is 4.90 Å². The molecule has 0 aliphatic rings. The maximum atomic E-state index is 12.4. The summed E-state index contributed by atoms with van der Waals surface area (Å²) in [4.78, 5) is 12.2. The summed E-state index contributed by atoms with van der Waals surface area (Å²) in [6, 6.07) is 4.57. The van der Waals surface area contributed by atoms with Crippen LogP contribution in [-0.4, -0.2) is 26.6 Å². The third-order valence-electron chi connectivity index (χ3n) is 3.13. The Morgan fingerprint density at radius 2 is 1.86 bits per heavy atom. The number of nitrogens with one attached hydrogen (secondary N) is 2. The normalized spacial score (nSPS) is 13.2. The first-order chi connectivity index (χ1) is 9.67. The molecule has 0 unspecified atom stereocenters. The second-order valence-corrected chi connectivity index (χ2v) is 7.76. The molecule has 1 aromatic rings. The number of sulfonamides is 1. The van der Waals surface area contributed by atoms with E-state index in [0.29, 0.717) is 5.69 Å². The molecule has 1 aromatic carbocycles. The lowest BCUT2D eigenvalue weighted by Gasteiger charge is -2.18. The molecule has 118 valence electrons. The van der Waals surface area contributed by atoms with Gasteiger partial charge >= 0.3 is 0 Å². The van der Waals surface area contributed by atoms with Gasteiger partial charge in [-0.2, -0.15) is 0 Å². The SMILES string of the molecule is CSc1ccc(S(=O)(=O)N[C@@H](C)C(C)C)cc1NC(C)=O. The molecule has 0 heterocycles. The van der Waals surface area contributed by atoms with Gasteiger partial charge in [-0.1, -0.05) is 13.8 Å². The van der Waals surface area contributed by atoms with Crippen LogP contribution in [0.25, 0.3) is 0 Å². The van der Waals surface area contributed by atoms with E-state index in [4.69, 9.17) is 0 Å². The first-order valence-electron chi connectivity index (χ1n) is 6.65. The fraction of sp³-hybridized carbons (Fsp3) is 0.500. The summed E-state index contributed by atoms with van der Waals surface area (Å²) in [7, 11) is -3.60. The minimum atomic E-state index is -3.60. The maximum Gasteiger partial charge on any atom is 0.240 e. The Hall–Kier alpha value is -1.05. The van der Waals surface area contributed by atoms with Crippen molar-refractivity contribution in [3.05, 3.63) is 18.2 Å². The lowest BCUT2D eigenvalue weighted by molar-refractivity contribution is -0.114. The molecule has 1 atom stereocenters. The number of carbonyl (C=O) groups excluding carboxylic acids is 1. The summed E-state index contributed by atoms with van der Waals surface area (Å²) >= 11 is 1.45. The molecular weight excluding hydrogens is 308 g/mol. The molecule has 0 spiro atoms. The summed E-state index contributed by atoms with van der Waals surface area (Å²) in [5.41, 5.74) is 0.509. The molecule has 1 amide bonds. The van der Waals surface area contributed by atoms with Crippen molar-refractivity contribution in [2.24, 2.45) is 5.92 Å². The fourth-order valence-corrected chi connectivity index (χ4v) is 3.54. The van der Waals surface area contributed by atoms with Crippen LogP contribution in [0.5, 0.6) is 0 Å². The zero-order chi connectivity index (χ0) is 16.2. The van der Waals surface area contributed by atoms with Crippen LogP contribution in [0.2, 0.25) is 0 Å². The van der Waals surface area contributed by atoms with E-state index in [1.807, 2.05) is 27.0 Å². The van der Waals surface area contributed by atoms with Gasteiger partial charge in [0.05, 0.1) is 10.6 Å². The van der Waals surface area contributed by atoms with Crippen molar-refractivity contribution < 1.29 is 13.2 Å². The maximum absolute atomic E-state index is 12.4. The highest BCUT2D eigenvalue weighted by Gasteiger charge is 2.20. The van der Waals surface area contributed by atoms with E-state index in [2.05, 4.69) is 10.0 Å². The predicted molar refractivity (Wildman–Crippen MR) is 87.1 cm³/mol. The average Bonchev–Trinajstić information content (AvgIpc) is 2.37. The molecule has 7 heteroatoms. The highest BCUT2D eigenvalue weighted by Crippen LogP contribution is 2.28. The molecule has 0 saturated carbocycles. The number of anilines is 1. The molecule has 0 bridgehead atoms. The first-order valence-corrected chi connectivity index (χ1v) is 9.36. The number of hydrogen-bond donors (Lipinski definition) is 2. The molecule has 0 radical (unpaired) electrons. The lowest BCUT2D eigenvalue weighted by Crippen LogP contribution is -2.36. The molecular formula is C14H22N2O3S2. The smallest absolute Gasteiger partial charge is 0.240 e. The monoisotopic (exact) mass is 330 g/mol. The van der Waals surface area contributed by atoms with E-state index in [1.54, 1.807) is 12.1 Å². The zero-order valence-corrected chi connectivity index (χ0v) is 14.6. The Morgan fingerprint density at radius 3 is 2.33 bits per heavy atom. The summed E-state index contributed by atoms with van der Waals surface area (Å²) in [6.45, 7) is 7.12. The van der Waals surface area contributed by atoms with Crippen LogP contribution in [0.4, 0.5) is 5.69 Å². The number of rotatable bonds is 6. The second-order valence-electron chi connectivity index (χ2n) is 5.20. The van der Waals surface area contributed by atoms with E-state index in [1.165, 1.54) is 24.8 Å². The van der Waals surface area contributed by atoms with Gasteiger partial charge in [0.1, 0.15) is 0 Å². The number of amides is 1. The number of hydrogen-bond acceptors (Lipinski definition) is 4. The second kappa shape index (κ2) is 7.29. The molecule has 0 aliphatic carbocycles. The van der Waals surface area contributed by atoms with Gasteiger partial charge in [0.15, 0.2) is 0 Å². The third kappa shape index (κ3) is 5.01. The van der Waals surface area contributed by atoms with E-state index in [9.17, 15) is 13.2 Å². The van der Waals surface area contributed by atoms with Gasteiger partial charge in [-0.25, -0.2) is 13.1 Å².